The predicted molar refractivity (Wildman–Crippen MR) is 73.4 cm³/mol. The van der Waals surface area contributed by atoms with E-state index >= 15 is 0 Å². The zero-order valence-electron chi connectivity index (χ0n) is 11.1. The molecule has 1 amide bonds. The van der Waals surface area contributed by atoms with Gasteiger partial charge in [0.25, 0.3) is 5.91 Å². The van der Waals surface area contributed by atoms with E-state index in [9.17, 15) is 9.18 Å². The summed E-state index contributed by atoms with van der Waals surface area (Å²) in [5.74, 6) is 1.67. The number of anilines is 1. The van der Waals surface area contributed by atoms with Crippen LogP contribution in [0.5, 0.6) is 0 Å². The Labute approximate surface area is 112 Å². The maximum Gasteiger partial charge on any atom is 0.254 e. The van der Waals surface area contributed by atoms with Crippen molar-refractivity contribution in [2.45, 2.75) is 38.3 Å². The molecule has 1 aromatic rings. The third kappa shape index (κ3) is 3.47. The predicted octanol–water partition coefficient (Wildman–Crippen LogP) is 2.54. The van der Waals surface area contributed by atoms with Crippen molar-refractivity contribution < 1.29 is 9.18 Å². The standard InChI is InChI=1S/C15H17FN2O/c1-4-15(2,3)18-14(19)12-9-10(16)5-8-13(12)17-11-6-7-11/h1,5,8-9,11,17H,6-7H2,2-3H3,(H,18,19). The van der Waals surface area contributed by atoms with Crippen LogP contribution in [0, 0.1) is 18.2 Å². The summed E-state index contributed by atoms with van der Waals surface area (Å²) in [5.41, 5.74) is 0.171. The first kappa shape index (κ1) is 13.4. The quantitative estimate of drug-likeness (QED) is 0.817. The SMILES string of the molecule is C#CC(C)(C)NC(=O)c1cc(F)ccc1NC1CC1. The second-order valence-corrected chi connectivity index (χ2v) is 5.33. The van der Waals surface area contributed by atoms with Crippen LogP contribution in [0.1, 0.15) is 37.0 Å². The lowest BCUT2D eigenvalue weighted by molar-refractivity contribution is 0.0930. The molecule has 1 aromatic carbocycles. The van der Waals surface area contributed by atoms with Crippen LogP contribution in [-0.4, -0.2) is 17.5 Å². The van der Waals surface area contributed by atoms with Crippen LogP contribution >= 0.6 is 0 Å². The first-order valence-electron chi connectivity index (χ1n) is 6.27. The Balaban J connectivity index is 2.24. The van der Waals surface area contributed by atoms with E-state index in [-0.39, 0.29) is 11.5 Å². The number of amides is 1. The van der Waals surface area contributed by atoms with Crippen molar-refractivity contribution in [1.29, 1.82) is 0 Å². The van der Waals surface area contributed by atoms with Crippen molar-refractivity contribution in [2.75, 3.05) is 5.32 Å². The van der Waals surface area contributed by atoms with Crippen LogP contribution < -0.4 is 10.6 Å². The zero-order chi connectivity index (χ0) is 14.0. The summed E-state index contributed by atoms with van der Waals surface area (Å²) in [6.45, 7) is 3.44. The van der Waals surface area contributed by atoms with E-state index in [1.165, 1.54) is 12.1 Å². The molecule has 0 radical (unpaired) electrons. The third-order valence-electron chi connectivity index (χ3n) is 2.95. The Bertz CT molecular complexity index is 542. The van der Waals surface area contributed by atoms with E-state index in [1.807, 2.05) is 0 Å². The summed E-state index contributed by atoms with van der Waals surface area (Å²) in [6, 6.07) is 4.55. The summed E-state index contributed by atoms with van der Waals surface area (Å²) < 4.78 is 13.3. The first-order chi connectivity index (χ1) is 8.91. The van der Waals surface area contributed by atoms with Gasteiger partial charge in [0.1, 0.15) is 5.82 Å². The molecule has 4 heteroatoms. The van der Waals surface area contributed by atoms with Crippen molar-refractivity contribution in [3.05, 3.63) is 29.6 Å². The van der Waals surface area contributed by atoms with Crippen LogP contribution in [0.2, 0.25) is 0 Å². The average molecular weight is 260 g/mol. The first-order valence-corrected chi connectivity index (χ1v) is 6.27. The molecule has 2 rings (SSSR count). The van der Waals surface area contributed by atoms with Crippen molar-refractivity contribution in [1.82, 2.24) is 5.32 Å². The van der Waals surface area contributed by atoms with E-state index in [1.54, 1.807) is 19.9 Å². The molecule has 0 aliphatic heterocycles. The fourth-order valence-corrected chi connectivity index (χ4v) is 1.67. The number of hydrogen-bond donors (Lipinski definition) is 2. The molecule has 1 aliphatic rings. The van der Waals surface area contributed by atoms with Gasteiger partial charge in [-0.1, -0.05) is 5.92 Å². The highest BCUT2D eigenvalue weighted by atomic mass is 19.1. The number of terminal acetylenes is 1. The highest BCUT2D eigenvalue weighted by Crippen LogP contribution is 2.27. The zero-order valence-corrected chi connectivity index (χ0v) is 11.1. The molecule has 2 N–H and O–H groups in total. The van der Waals surface area contributed by atoms with Crippen LogP contribution in [0.15, 0.2) is 18.2 Å². The Kier molecular flexibility index (Phi) is 3.48. The molecular formula is C15H17FN2O. The number of hydrogen-bond acceptors (Lipinski definition) is 2. The third-order valence-corrected chi connectivity index (χ3v) is 2.95. The van der Waals surface area contributed by atoms with Gasteiger partial charge in [-0.15, -0.1) is 6.42 Å². The molecule has 0 bridgehead atoms. The van der Waals surface area contributed by atoms with Crippen LogP contribution in [0.25, 0.3) is 0 Å². The number of carbonyl (C=O) groups excluding carboxylic acids is 1. The lowest BCUT2D eigenvalue weighted by atomic mass is 10.1. The lowest BCUT2D eigenvalue weighted by Gasteiger charge is -2.21. The van der Waals surface area contributed by atoms with Crippen LogP contribution in [0.4, 0.5) is 10.1 Å². The van der Waals surface area contributed by atoms with Gasteiger partial charge < -0.3 is 10.6 Å². The van der Waals surface area contributed by atoms with E-state index in [0.29, 0.717) is 11.7 Å². The summed E-state index contributed by atoms with van der Waals surface area (Å²) in [7, 11) is 0. The van der Waals surface area contributed by atoms with Gasteiger partial charge >= 0.3 is 0 Å². The molecule has 0 spiro atoms. The molecule has 0 heterocycles. The molecule has 3 nitrogen and oxygen atoms in total. The highest BCUT2D eigenvalue weighted by Gasteiger charge is 2.25. The molecule has 0 atom stereocenters. The van der Waals surface area contributed by atoms with Gasteiger partial charge in [-0.05, 0) is 44.9 Å². The van der Waals surface area contributed by atoms with Gasteiger partial charge in [-0.25, -0.2) is 4.39 Å². The Hall–Kier alpha value is -2.02. The van der Waals surface area contributed by atoms with Gasteiger partial charge in [-0.3, -0.25) is 4.79 Å². The summed E-state index contributed by atoms with van der Waals surface area (Å²) in [4.78, 5) is 12.2. The highest BCUT2D eigenvalue weighted by molar-refractivity contribution is 6.00. The van der Waals surface area contributed by atoms with Crippen molar-refractivity contribution in [2.24, 2.45) is 0 Å². The van der Waals surface area contributed by atoms with E-state index < -0.39 is 11.4 Å². The molecule has 1 fully saturated rings. The minimum absolute atomic E-state index is 0.287. The van der Waals surface area contributed by atoms with Crippen LogP contribution in [0.3, 0.4) is 0 Å². The smallest absolute Gasteiger partial charge is 0.254 e. The molecule has 100 valence electrons. The van der Waals surface area contributed by atoms with Gasteiger partial charge in [-0.2, -0.15) is 0 Å². The molecule has 0 aromatic heterocycles. The Morgan fingerprint density at radius 2 is 2.16 bits per heavy atom. The topological polar surface area (TPSA) is 41.1 Å². The maximum atomic E-state index is 13.3. The van der Waals surface area contributed by atoms with E-state index in [0.717, 1.165) is 12.8 Å². The van der Waals surface area contributed by atoms with Crippen molar-refractivity contribution >= 4 is 11.6 Å². The number of halogens is 1. The molecule has 1 aliphatic carbocycles. The fraction of sp³-hybridized carbons (Fsp3) is 0.400. The number of rotatable bonds is 4. The maximum absolute atomic E-state index is 13.3. The van der Waals surface area contributed by atoms with Crippen LogP contribution in [-0.2, 0) is 0 Å². The lowest BCUT2D eigenvalue weighted by Crippen LogP contribution is -2.42. The van der Waals surface area contributed by atoms with Gasteiger partial charge in [0.05, 0.1) is 11.1 Å². The Morgan fingerprint density at radius 3 is 2.74 bits per heavy atom. The van der Waals surface area contributed by atoms with Gasteiger partial charge in [0, 0.05) is 11.7 Å². The monoisotopic (exact) mass is 260 g/mol. The second-order valence-electron chi connectivity index (χ2n) is 5.33. The fourth-order valence-electron chi connectivity index (χ4n) is 1.67. The largest absolute Gasteiger partial charge is 0.382 e. The second kappa shape index (κ2) is 4.93. The molecule has 0 saturated heterocycles. The van der Waals surface area contributed by atoms with E-state index in [2.05, 4.69) is 16.6 Å². The van der Waals surface area contributed by atoms with Gasteiger partial charge in [0.2, 0.25) is 0 Å². The molecule has 0 unspecified atom stereocenters. The normalized spacial score (nSPS) is 14.6. The van der Waals surface area contributed by atoms with Crippen molar-refractivity contribution in [3.8, 4) is 12.3 Å². The van der Waals surface area contributed by atoms with E-state index in [4.69, 9.17) is 6.42 Å². The minimum atomic E-state index is -0.764. The van der Waals surface area contributed by atoms with Gasteiger partial charge in [0.15, 0.2) is 0 Å². The average Bonchev–Trinajstić information content (AvgIpc) is 3.15. The summed E-state index contributed by atoms with van der Waals surface area (Å²) in [5, 5.41) is 5.92. The summed E-state index contributed by atoms with van der Waals surface area (Å²) in [6.07, 6.45) is 7.49. The number of benzene rings is 1. The molecule has 1 saturated carbocycles. The molecular weight excluding hydrogens is 243 g/mol. The summed E-state index contributed by atoms with van der Waals surface area (Å²) >= 11 is 0. The minimum Gasteiger partial charge on any atom is -0.382 e. The number of carbonyl (C=O) groups is 1. The van der Waals surface area contributed by atoms with Crippen molar-refractivity contribution in [3.63, 3.8) is 0 Å². The molecule has 19 heavy (non-hydrogen) atoms. The number of nitrogens with one attached hydrogen (secondary N) is 2. The Morgan fingerprint density at radius 1 is 1.47 bits per heavy atom.